The molecule has 2 aromatic carbocycles. The minimum absolute atomic E-state index is 0.0726. The fraction of sp³-hybridized carbons (Fsp3) is 0.486. The first kappa shape index (κ1) is 32.6. The highest BCUT2D eigenvalue weighted by molar-refractivity contribution is 5.84. The normalized spacial score (nSPS) is 16.8. The molecule has 0 bridgehead atoms. The van der Waals surface area contributed by atoms with Gasteiger partial charge in [0.2, 0.25) is 5.91 Å². The Morgan fingerprint density at radius 2 is 1.69 bits per heavy atom. The number of aryl methyl sites for hydroxylation is 1. The molecule has 45 heavy (non-hydrogen) atoms. The summed E-state index contributed by atoms with van der Waals surface area (Å²) in [5.74, 6) is 0.373. The number of hydrogen-bond acceptors (Lipinski definition) is 6. The van der Waals surface area contributed by atoms with Crippen LogP contribution in [-0.4, -0.2) is 77.7 Å². The Morgan fingerprint density at radius 1 is 1.00 bits per heavy atom. The second-order valence-electron chi connectivity index (χ2n) is 12.5. The van der Waals surface area contributed by atoms with Crippen molar-refractivity contribution in [2.75, 3.05) is 51.3 Å². The zero-order valence-electron chi connectivity index (χ0n) is 27.1. The second kappa shape index (κ2) is 15.5. The minimum atomic E-state index is -0.809. The van der Waals surface area contributed by atoms with E-state index in [1.165, 1.54) is 0 Å². The maximum atomic E-state index is 14.0. The van der Waals surface area contributed by atoms with E-state index in [1.807, 2.05) is 25.1 Å². The van der Waals surface area contributed by atoms with Crippen LogP contribution >= 0.6 is 0 Å². The summed E-state index contributed by atoms with van der Waals surface area (Å²) in [6, 6.07) is 18.7. The lowest BCUT2D eigenvalue weighted by Gasteiger charge is -2.39. The average Bonchev–Trinajstić information content (AvgIpc) is 3.05. The van der Waals surface area contributed by atoms with Gasteiger partial charge in [-0.2, -0.15) is 0 Å². The van der Waals surface area contributed by atoms with E-state index in [1.54, 1.807) is 0 Å². The van der Waals surface area contributed by atoms with Crippen molar-refractivity contribution >= 4 is 17.7 Å². The zero-order chi connectivity index (χ0) is 31.8. The molecule has 0 radical (unpaired) electrons. The van der Waals surface area contributed by atoms with Gasteiger partial charge in [0.15, 0.2) is 0 Å². The Morgan fingerprint density at radius 3 is 2.33 bits per heavy atom. The number of nitrogens with one attached hydrogen (secondary N) is 1. The topological polar surface area (TPSA) is 95.0 Å². The van der Waals surface area contributed by atoms with Crippen LogP contribution in [0, 0.1) is 19.8 Å². The maximum absolute atomic E-state index is 14.0. The number of carbonyl (C=O) groups is 2. The van der Waals surface area contributed by atoms with Crippen LogP contribution < -0.4 is 5.32 Å². The van der Waals surface area contributed by atoms with E-state index in [2.05, 4.69) is 65.4 Å². The van der Waals surface area contributed by atoms with E-state index in [4.69, 9.17) is 9.72 Å². The van der Waals surface area contributed by atoms with E-state index < -0.39 is 5.97 Å². The van der Waals surface area contributed by atoms with Gasteiger partial charge in [-0.25, -0.2) is 4.98 Å². The molecule has 5 rings (SSSR count). The molecule has 240 valence electrons. The number of carboxylic acids is 1. The third kappa shape index (κ3) is 8.10. The molecule has 2 aliphatic rings. The number of amides is 1. The summed E-state index contributed by atoms with van der Waals surface area (Å²) in [6.45, 7) is 12.8. The average molecular weight is 613 g/mol. The number of benzene rings is 2. The second-order valence-corrected chi connectivity index (χ2v) is 12.5. The van der Waals surface area contributed by atoms with Crippen molar-refractivity contribution in [2.24, 2.45) is 5.92 Å². The number of hydrogen-bond donors (Lipinski definition) is 2. The third-order valence-electron chi connectivity index (χ3n) is 9.46. The predicted molar refractivity (Wildman–Crippen MR) is 178 cm³/mol. The molecule has 2 fully saturated rings. The zero-order valence-corrected chi connectivity index (χ0v) is 27.1. The van der Waals surface area contributed by atoms with Gasteiger partial charge >= 0.3 is 5.97 Å². The van der Waals surface area contributed by atoms with Gasteiger partial charge in [-0.1, -0.05) is 61.5 Å². The summed E-state index contributed by atoms with van der Waals surface area (Å²) < 4.78 is 5.66. The van der Waals surface area contributed by atoms with Crippen LogP contribution in [0.1, 0.15) is 66.5 Å². The molecule has 1 aromatic heterocycles. The molecule has 0 spiro atoms. The largest absolute Gasteiger partial charge is 0.481 e. The number of aliphatic carboxylic acids is 1. The molecule has 3 heterocycles. The molecule has 1 atom stereocenters. The quantitative estimate of drug-likeness (QED) is 0.257. The van der Waals surface area contributed by atoms with E-state index in [0.717, 1.165) is 96.9 Å². The number of carbonyl (C=O) groups excluding carboxylic acids is 1. The van der Waals surface area contributed by atoms with Gasteiger partial charge in [0.05, 0.1) is 5.92 Å². The fourth-order valence-corrected chi connectivity index (χ4v) is 6.98. The van der Waals surface area contributed by atoms with Crippen LogP contribution in [0.4, 0.5) is 5.82 Å². The molecule has 3 aromatic rings. The standard InChI is InChI=1S/C37H48N4O4/c1-4-18-40-19-21-41(22-20-40)37(44)35(31-16-23-45-24-17-31)30-12-10-28(11-13-30)25-38-36-34(29-8-6-5-7-9-29)26(2)32(27(3)39-36)14-15-33(42)43/h5-13,31,35H,4,14-25H2,1-3H3,(H,38,39)(H,42,43). The molecule has 2 N–H and O–H groups in total. The number of pyridine rings is 1. The number of nitrogens with zero attached hydrogens (tertiary/aromatic N) is 3. The lowest BCUT2D eigenvalue weighted by Crippen LogP contribution is -2.51. The van der Waals surface area contributed by atoms with Crippen LogP contribution in [-0.2, 0) is 27.3 Å². The number of aromatic nitrogens is 1. The van der Waals surface area contributed by atoms with Crippen LogP contribution in [0.2, 0.25) is 0 Å². The number of carboxylic acid groups (broad SMARTS) is 1. The molecular weight excluding hydrogens is 564 g/mol. The molecule has 8 nitrogen and oxygen atoms in total. The maximum Gasteiger partial charge on any atom is 0.303 e. The molecule has 2 saturated heterocycles. The van der Waals surface area contributed by atoms with Crippen molar-refractivity contribution in [1.82, 2.24) is 14.8 Å². The summed E-state index contributed by atoms with van der Waals surface area (Å²) in [6.07, 6.45) is 3.47. The predicted octanol–water partition coefficient (Wildman–Crippen LogP) is 6.06. The monoisotopic (exact) mass is 612 g/mol. The van der Waals surface area contributed by atoms with E-state index >= 15 is 0 Å². The van der Waals surface area contributed by atoms with Gasteiger partial charge in [-0.3, -0.25) is 14.5 Å². The Bertz CT molecular complexity index is 1430. The van der Waals surface area contributed by atoms with Gasteiger partial charge in [-0.15, -0.1) is 0 Å². The Labute approximate surface area is 267 Å². The van der Waals surface area contributed by atoms with Crippen molar-refractivity contribution in [2.45, 2.75) is 65.3 Å². The van der Waals surface area contributed by atoms with E-state index in [9.17, 15) is 14.7 Å². The molecule has 1 unspecified atom stereocenters. The van der Waals surface area contributed by atoms with Crippen LogP contribution in [0.25, 0.3) is 11.1 Å². The number of anilines is 1. The SMILES string of the molecule is CCCN1CCN(C(=O)C(c2ccc(CNc3nc(C)c(CCC(=O)O)c(C)c3-c3ccccc3)cc2)C2CCOCC2)CC1. The van der Waals surface area contributed by atoms with Gasteiger partial charge in [0, 0.05) is 63.6 Å². The molecule has 0 saturated carbocycles. The molecular formula is C37H48N4O4. The van der Waals surface area contributed by atoms with Crippen molar-refractivity contribution in [3.8, 4) is 11.1 Å². The van der Waals surface area contributed by atoms with E-state index in [0.29, 0.717) is 26.2 Å². The summed E-state index contributed by atoms with van der Waals surface area (Å²) in [7, 11) is 0. The molecule has 1 amide bonds. The molecule has 2 aliphatic heterocycles. The number of piperazine rings is 1. The van der Waals surface area contributed by atoms with Gasteiger partial charge in [-0.05, 0) is 79.8 Å². The lowest BCUT2D eigenvalue weighted by molar-refractivity contribution is -0.137. The molecule has 0 aliphatic carbocycles. The summed E-state index contributed by atoms with van der Waals surface area (Å²) in [5.41, 5.74) is 7.13. The summed E-state index contributed by atoms with van der Waals surface area (Å²) in [5, 5.41) is 12.9. The first-order chi connectivity index (χ1) is 21.9. The van der Waals surface area contributed by atoms with Crippen molar-refractivity contribution < 1.29 is 19.4 Å². The van der Waals surface area contributed by atoms with Crippen molar-refractivity contribution in [3.05, 3.63) is 82.5 Å². The van der Waals surface area contributed by atoms with Crippen molar-refractivity contribution in [1.29, 1.82) is 0 Å². The highest BCUT2D eigenvalue weighted by Gasteiger charge is 2.35. The number of rotatable bonds is 12. The highest BCUT2D eigenvalue weighted by Crippen LogP contribution is 2.36. The first-order valence-corrected chi connectivity index (χ1v) is 16.5. The Kier molecular flexibility index (Phi) is 11.2. The number of ether oxygens (including phenoxy) is 1. The highest BCUT2D eigenvalue weighted by atomic mass is 16.5. The Hall–Kier alpha value is -3.75. The van der Waals surface area contributed by atoms with Gasteiger partial charge < -0.3 is 20.1 Å². The van der Waals surface area contributed by atoms with E-state index in [-0.39, 0.29) is 24.2 Å². The van der Waals surface area contributed by atoms with Crippen LogP contribution in [0.3, 0.4) is 0 Å². The summed E-state index contributed by atoms with van der Waals surface area (Å²) >= 11 is 0. The third-order valence-corrected chi connectivity index (χ3v) is 9.46. The Balaban J connectivity index is 1.35. The van der Waals surface area contributed by atoms with Gasteiger partial charge in [0.25, 0.3) is 0 Å². The fourth-order valence-electron chi connectivity index (χ4n) is 6.98. The van der Waals surface area contributed by atoms with Crippen molar-refractivity contribution in [3.63, 3.8) is 0 Å². The van der Waals surface area contributed by atoms with Crippen LogP contribution in [0.5, 0.6) is 0 Å². The summed E-state index contributed by atoms with van der Waals surface area (Å²) in [4.78, 5) is 34.8. The minimum Gasteiger partial charge on any atom is -0.481 e. The molecule has 8 heteroatoms. The smallest absolute Gasteiger partial charge is 0.303 e. The van der Waals surface area contributed by atoms with Gasteiger partial charge in [0.1, 0.15) is 5.82 Å². The first-order valence-electron chi connectivity index (χ1n) is 16.5. The lowest BCUT2D eigenvalue weighted by atomic mass is 9.80. The van der Waals surface area contributed by atoms with Crippen LogP contribution in [0.15, 0.2) is 54.6 Å².